The smallest absolute Gasteiger partial charge is 0.407 e. The van der Waals surface area contributed by atoms with E-state index in [1.807, 2.05) is 55.5 Å². The van der Waals surface area contributed by atoms with Crippen molar-refractivity contribution in [3.63, 3.8) is 0 Å². The summed E-state index contributed by atoms with van der Waals surface area (Å²) < 4.78 is 12.2. The number of carbonyl (C=O) groups is 1. The molecule has 1 heterocycles. The topological polar surface area (TPSA) is 59.9 Å². The molecule has 1 aliphatic carbocycles. The van der Waals surface area contributed by atoms with Crippen LogP contribution in [0.5, 0.6) is 0 Å². The molecule has 0 radical (unpaired) electrons. The first-order valence-corrected chi connectivity index (χ1v) is 13.6. The number of rotatable bonds is 8. The average molecular weight is 517 g/mol. The van der Waals surface area contributed by atoms with Crippen LogP contribution < -0.4 is 5.32 Å². The highest BCUT2D eigenvalue weighted by atomic mass is 16.6. The van der Waals surface area contributed by atoms with Crippen molar-refractivity contribution in [2.75, 3.05) is 6.61 Å². The summed E-state index contributed by atoms with van der Waals surface area (Å²) in [5.74, 6) is 0.564. The fourth-order valence-corrected chi connectivity index (χ4v) is 5.68. The van der Waals surface area contributed by atoms with E-state index in [-0.39, 0.29) is 24.7 Å². The Labute approximate surface area is 229 Å². The molecule has 39 heavy (non-hydrogen) atoms. The maximum Gasteiger partial charge on any atom is 0.407 e. The SMILES string of the molecule is C[C@@H]1N=C([C@H](CCc2ccccc2)NC(=O)OCC2c3ccccc3-c3ccccc32)O[C@H]1c1ccccc1. The van der Waals surface area contributed by atoms with E-state index >= 15 is 0 Å². The Morgan fingerprint density at radius 2 is 1.44 bits per heavy atom. The third-order valence-corrected chi connectivity index (χ3v) is 7.64. The highest BCUT2D eigenvalue weighted by Crippen LogP contribution is 2.44. The first-order valence-electron chi connectivity index (χ1n) is 13.6. The normalized spacial score (nSPS) is 18.4. The monoisotopic (exact) mass is 516 g/mol. The van der Waals surface area contributed by atoms with Gasteiger partial charge in [-0.3, -0.25) is 0 Å². The molecule has 1 amide bonds. The van der Waals surface area contributed by atoms with Crippen LogP contribution in [0.1, 0.15) is 47.6 Å². The lowest BCUT2D eigenvalue weighted by Gasteiger charge is -2.21. The quantitative estimate of drug-likeness (QED) is 0.272. The average Bonchev–Trinajstić information content (AvgIpc) is 3.53. The summed E-state index contributed by atoms with van der Waals surface area (Å²) >= 11 is 0. The molecule has 1 N–H and O–H groups in total. The zero-order valence-electron chi connectivity index (χ0n) is 22.0. The van der Waals surface area contributed by atoms with Crippen molar-refractivity contribution >= 4 is 12.0 Å². The summed E-state index contributed by atoms with van der Waals surface area (Å²) in [6, 6.07) is 36.6. The number of aliphatic imine (C=N–C) groups is 1. The summed E-state index contributed by atoms with van der Waals surface area (Å²) in [7, 11) is 0. The molecule has 0 unspecified atom stereocenters. The van der Waals surface area contributed by atoms with Crippen molar-refractivity contribution in [3.05, 3.63) is 131 Å². The van der Waals surface area contributed by atoms with Crippen molar-refractivity contribution < 1.29 is 14.3 Å². The number of amides is 1. The molecule has 0 fully saturated rings. The van der Waals surface area contributed by atoms with Crippen molar-refractivity contribution in [1.82, 2.24) is 5.32 Å². The molecule has 5 nitrogen and oxygen atoms in total. The van der Waals surface area contributed by atoms with Gasteiger partial charge in [0.15, 0.2) is 0 Å². The van der Waals surface area contributed by atoms with Gasteiger partial charge in [-0.25, -0.2) is 9.79 Å². The van der Waals surface area contributed by atoms with Crippen LogP contribution in [0, 0.1) is 0 Å². The van der Waals surface area contributed by atoms with Gasteiger partial charge in [-0.1, -0.05) is 109 Å². The summed E-state index contributed by atoms with van der Waals surface area (Å²) in [5.41, 5.74) is 7.06. The fraction of sp³-hybridized carbons (Fsp3) is 0.235. The van der Waals surface area contributed by atoms with Gasteiger partial charge >= 0.3 is 6.09 Å². The summed E-state index contributed by atoms with van der Waals surface area (Å²) in [6.45, 7) is 2.31. The first-order chi connectivity index (χ1) is 19.2. The van der Waals surface area contributed by atoms with Gasteiger partial charge in [-0.15, -0.1) is 0 Å². The lowest BCUT2D eigenvalue weighted by molar-refractivity contribution is 0.138. The van der Waals surface area contributed by atoms with Gasteiger partial charge in [-0.05, 0) is 53.1 Å². The Morgan fingerprint density at radius 3 is 2.10 bits per heavy atom. The van der Waals surface area contributed by atoms with E-state index in [1.165, 1.54) is 27.8 Å². The van der Waals surface area contributed by atoms with Crippen LogP contribution in [0.3, 0.4) is 0 Å². The van der Waals surface area contributed by atoms with Crippen LogP contribution in [0.2, 0.25) is 0 Å². The molecule has 2 aliphatic rings. The molecular weight excluding hydrogens is 484 g/mol. The van der Waals surface area contributed by atoms with Crippen molar-refractivity contribution in [2.45, 2.75) is 43.9 Å². The predicted molar refractivity (Wildman–Crippen MR) is 154 cm³/mol. The Bertz CT molecular complexity index is 1420. The standard InChI is InChI=1S/C34H32N2O3/c1-23-32(25-14-6-3-7-15-25)39-33(35-23)31(21-20-24-12-4-2-5-13-24)36-34(37)38-22-30-28-18-10-8-16-26(28)27-17-9-11-19-29(27)30/h2-19,23,30-32H,20-22H2,1H3,(H,36,37)/t23-,31-,32+/m0/s1. The van der Waals surface area contributed by atoms with Gasteiger partial charge < -0.3 is 14.8 Å². The molecule has 0 saturated carbocycles. The van der Waals surface area contributed by atoms with Gasteiger partial charge in [0.1, 0.15) is 18.8 Å². The second-order valence-corrected chi connectivity index (χ2v) is 10.2. The molecular formula is C34H32N2O3. The number of carbonyl (C=O) groups excluding carboxylic acids is 1. The number of fused-ring (bicyclic) bond motifs is 3. The Hall–Kier alpha value is -4.38. The van der Waals surface area contributed by atoms with Gasteiger partial charge in [0.2, 0.25) is 5.90 Å². The minimum absolute atomic E-state index is 0.00785. The number of benzene rings is 4. The summed E-state index contributed by atoms with van der Waals surface area (Å²) in [4.78, 5) is 18.0. The predicted octanol–water partition coefficient (Wildman–Crippen LogP) is 7.09. The minimum atomic E-state index is -0.461. The molecule has 0 aromatic heterocycles. The maximum atomic E-state index is 13.2. The maximum absolute atomic E-state index is 13.2. The molecule has 0 spiro atoms. The number of hydrogen-bond acceptors (Lipinski definition) is 4. The zero-order valence-corrected chi connectivity index (χ0v) is 22.0. The number of ether oxygens (including phenoxy) is 2. The molecule has 0 bridgehead atoms. The molecule has 4 aromatic rings. The third kappa shape index (κ3) is 5.30. The van der Waals surface area contributed by atoms with E-state index < -0.39 is 12.1 Å². The van der Waals surface area contributed by atoms with E-state index in [1.54, 1.807) is 0 Å². The van der Waals surface area contributed by atoms with Crippen molar-refractivity contribution in [1.29, 1.82) is 0 Å². The van der Waals surface area contributed by atoms with Crippen molar-refractivity contribution in [2.24, 2.45) is 4.99 Å². The summed E-state index contributed by atoms with van der Waals surface area (Å²) in [6.07, 6.45) is 0.796. The number of hydrogen-bond donors (Lipinski definition) is 1. The van der Waals surface area contributed by atoms with Gasteiger partial charge in [0, 0.05) is 5.92 Å². The van der Waals surface area contributed by atoms with Crippen LogP contribution in [-0.4, -0.2) is 30.7 Å². The van der Waals surface area contributed by atoms with E-state index in [4.69, 9.17) is 14.5 Å². The van der Waals surface area contributed by atoms with E-state index in [2.05, 4.69) is 66.0 Å². The van der Waals surface area contributed by atoms with Crippen molar-refractivity contribution in [3.8, 4) is 11.1 Å². The van der Waals surface area contributed by atoms with E-state index in [0.717, 1.165) is 12.0 Å². The zero-order chi connectivity index (χ0) is 26.6. The lowest BCUT2D eigenvalue weighted by Crippen LogP contribution is -2.42. The summed E-state index contributed by atoms with van der Waals surface area (Å²) in [5, 5.41) is 3.08. The molecule has 0 saturated heterocycles. The number of aryl methyl sites for hydroxylation is 1. The highest BCUT2D eigenvalue weighted by Gasteiger charge is 2.34. The van der Waals surface area contributed by atoms with E-state index in [9.17, 15) is 4.79 Å². The molecule has 3 atom stereocenters. The van der Waals surface area contributed by atoms with Gasteiger partial charge in [0.25, 0.3) is 0 Å². The Morgan fingerprint density at radius 1 is 0.846 bits per heavy atom. The molecule has 1 aliphatic heterocycles. The van der Waals surface area contributed by atoms with E-state index in [0.29, 0.717) is 12.3 Å². The minimum Gasteiger partial charge on any atom is -0.469 e. The van der Waals surface area contributed by atoms with Gasteiger partial charge in [-0.2, -0.15) is 0 Å². The second kappa shape index (κ2) is 11.2. The molecule has 196 valence electrons. The number of alkyl carbamates (subject to hydrolysis) is 1. The fourth-order valence-electron chi connectivity index (χ4n) is 5.68. The number of nitrogens with zero attached hydrogens (tertiary/aromatic N) is 1. The van der Waals surface area contributed by atoms with Crippen LogP contribution >= 0.6 is 0 Å². The highest BCUT2D eigenvalue weighted by molar-refractivity contribution is 5.87. The van der Waals surface area contributed by atoms with Crippen LogP contribution in [0.15, 0.2) is 114 Å². The van der Waals surface area contributed by atoms with Crippen LogP contribution in [0.4, 0.5) is 4.79 Å². The molecule has 4 aromatic carbocycles. The lowest BCUT2D eigenvalue weighted by atomic mass is 9.98. The van der Waals surface area contributed by atoms with Crippen LogP contribution in [0.25, 0.3) is 11.1 Å². The Kier molecular flexibility index (Phi) is 7.13. The van der Waals surface area contributed by atoms with Gasteiger partial charge in [0.05, 0.1) is 6.04 Å². The third-order valence-electron chi connectivity index (χ3n) is 7.64. The number of nitrogens with one attached hydrogen (secondary N) is 1. The van der Waals surface area contributed by atoms with Crippen LogP contribution in [-0.2, 0) is 15.9 Å². The molecule has 5 heteroatoms. The second-order valence-electron chi connectivity index (χ2n) is 10.2. The first kappa shape index (κ1) is 24.9. The Balaban J connectivity index is 1.16. The molecule has 6 rings (SSSR count). The largest absolute Gasteiger partial charge is 0.469 e.